The molecule has 1 aliphatic carbocycles. The van der Waals surface area contributed by atoms with Crippen molar-refractivity contribution in [3.63, 3.8) is 0 Å². The zero-order valence-corrected chi connectivity index (χ0v) is 12.6. The summed E-state index contributed by atoms with van der Waals surface area (Å²) in [6, 6.07) is 9.05. The van der Waals surface area contributed by atoms with E-state index in [0.717, 1.165) is 17.2 Å². The van der Waals surface area contributed by atoms with Gasteiger partial charge in [0, 0.05) is 11.7 Å². The molecule has 0 bridgehead atoms. The molecular weight excluding hydrogens is 252 g/mol. The second kappa shape index (κ2) is 7.49. The van der Waals surface area contributed by atoms with E-state index in [9.17, 15) is 0 Å². The van der Waals surface area contributed by atoms with E-state index >= 15 is 0 Å². The average molecular weight is 276 g/mol. The van der Waals surface area contributed by atoms with E-state index in [0.29, 0.717) is 6.04 Å². The Bertz CT molecular complexity index is 392. The van der Waals surface area contributed by atoms with Gasteiger partial charge in [0.1, 0.15) is 0 Å². The zero-order valence-electron chi connectivity index (χ0n) is 11.7. The van der Waals surface area contributed by atoms with E-state index in [1.165, 1.54) is 44.1 Å². The van der Waals surface area contributed by atoms with Crippen LogP contribution >= 0.6 is 12.2 Å². The number of hydrogen-bond donors (Lipinski definition) is 2. The Morgan fingerprint density at radius 3 is 2.32 bits per heavy atom. The van der Waals surface area contributed by atoms with Crippen LogP contribution in [0.25, 0.3) is 0 Å². The van der Waals surface area contributed by atoms with Crippen LogP contribution in [0.1, 0.15) is 51.0 Å². The van der Waals surface area contributed by atoms with Gasteiger partial charge in [-0.1, -0.05) is 44.7 Å². The van der Waals surface area contributed by atoms with Gasteiger partial charge in [-0.2, -0.15) is 0 Å². The Balaban J connectivity index is 1.82. The van der Waals surface area contributed by atoms with Gasteiger partial charge in [-0.15, -0.1) is 0 Å². The zero-order chi connectivity index (χ0) is 13.5. The Morgan fingerprint density at radius 1 is 1.11 bits per heavy atom. The molecule has 2 rings (SSSR count). The third kappa shape index (κ3) is 4.83. The molecule has 19 heavy (non-hydrogen) atoms. The molecule has 1 saturated carbocycles. The van der Waals surface area contributed by atoms with Crippen LogP contribution in [0.15, 0.2) is 24.3 Å². The van der Waals surface area contributed by atoms with Crippen molar-refractivity contribution in [2.45, 2.75) is 57.9 Å². The molecule has 0 spiro atoms. The largest absolute Gasteiger partial charge is 0.360 e. The molecule has 1 fully saturated rings. The summed E-state index contributed by atoms with van der Waals surface area (Å²) in [5.74, 6) is 0. The highest BCUT2D eigenvalue weighted by molar-refractivity contribution is 7.80. The molecule has 1 aromatic rings. The summed E-state index contributed by atoms with van der Waals surface area (Å²) in [7, 11) is 0. The molecule has 104 valence electrons. The first-order chi connectivity index (χ1) is 9.28. The van der Waals surface area contributed by atoms with Gasteiger partial charge < -0.3 is 10.6 Å². The van der Waals surface area contributed by atoms with Crippen LogP contribution in [0.4, 0.5) is 5.69 Å². The Kier molecular flexibility index (Phi) is 5.64. The Morgan fingerprint density at radius 2 is 1.74 bits per heavy atom. The lowest BCUT2D eigenvalue weighted by Gasteiger charge is -2.19. The fourth-order valence-corrected chi connectivity index (χ4v) is 2.88. The van der Waals surface area contributed by atoms with E-state index in [2.05, 4.69) is 41.8 Å². The molecular formula is C16H24N2S. The van der Waals surface area contributed by atoms with Crippen molar-refractivity contribution in [1.82, 2.24) is 5.32 Å². The van der Waals surface area contributed by atoms with E-state index in [1.807, 2.05) is 0 Å². The van der Waals surface area contributed by atoms with Gasteiger partial charge in [-0.25, -0.2) is 0 Å². The number of nitrogens with one attached hydrogen (secondary N) is 2. The number of thiocarbonyl (C=S) groups is 1. The van der Waals surface area contributed by atoms with Crippen molar-refractivity contribution in [1.29, 1.82) is 0 Å². The van der Waals surface area contributed by atoms with Crippen molar-refractivity contribution in [3.8, 4) is 0 Å². The van der Waals surface area contributed by atoms with Gasteiger partial charge in [0.05, 0.1) is 0 Å². The first-order valence-electron chi connectivity index (χ1n) is 7.44. The molecule has 0 radical (unpaired) electrons. The molecule has 0 unspecified atom stereocenters. The van der Waals surface area contributed by atoms with Crippen LogP contribution in [-0.4, -0.2) is 11.2 Å². The smallest absolute Gasteiger partial charge is 0.170 e. The highest BCUT2D eigenvalue weighted by Gasteiger charge is 2.12. The average Bonchev–Trinajstić information content (AvgIpc) is 2.68. The number of hydrogen-bond acceptors (Lipinski definition) is 1. The summed E-state index contributed by atoms with van der Waals surface area (Å²) in [6.45, 7) is 2.17. The predicted octanol–water partition coefficient (Wildman–Crippen LogP) is 4.26. The topological polar surface area (TPSA) is 24.1 Å². The molecule has 2 N–H and O–H groups in total. The van der Waals surface area contributed by atoms with Gasteiger partial charge in [0.25, 0.3) is 0 Å². The highest BCUT2D eigenvalue weighted by atomic mass is 32.1. The molecule has 3 heteroatoms. The minimum Gasteiger partial charge on any atom is -0.360 e. The molecule has 2 nitrogen and oxygen atoms in total. The molecule has 0 heterocycles. The van der Waals surface area contributed by atoms with Crippen LogP contribution in [0.2, 0.25) is 0 Å². The van der Waals surface area contributed by atoms with Gasteiger partial charge in [-0.05, 0) is 49.2 Å². The van der Waals surface area contributed by atoms with E-state index in [-0.39, 0.29) is 0 Å². The van der Waals surface area contributed by atoms with E-state index in [4.69, 9.17) is 12.2 Å². The lowest BCUT2D eigenvalue weighted by molar-refractivity contribution is 0.535. The minimum atomic E-state index is 0.553. The van der Waals surface area contributed by atoms with Crippen LogP contribution in [0, 0.1) is 0 Å². The second-order valence-electron chi connectivity index (χ2n) is 5.34. The maximum Gasteiger partial charge on any atom is 0.170 e. The van der Waals surface area contributed by atoms with Crippen LogP contribution < -0.4 is 10.6 Å². The van der Waals surface area contributed by atoms with Crippen molar-refractivity contribution >= 4 is 23.0 Å². The quantitative estimate of drug-likeness (QED) is 0.637. The number of rotatable bonds is 3. The maximum absolute atomic E-state index is 5.40. The summed E-state index contributed by atoms with van der Waals surface area (Å²) in [6.07, 6.45) is 8.96. The third-order valence-corrected chi connectivity index (χ3v) is 4.03. The maximum atomic E-state index is 5.40. The Hall–Kier alpha value is -1.09. The highest BCUT2D eigenvalue weighted by Crippen LogP contribution is 2.17. The Labute approximate surface area is 122 Å². The molecule has 0 aromatic heterocycles. The molecule has 0 aliphatic heterocycles. The fraction of sp³-hybridized carbons (Fsp3) is 0.562. The summed E-state index contributed by atoms with van der Waals surface area (Å²) >= 11 is 5.40. The second-order valence-corrected chi connectivity index (χ2v) is 5.75. The lowest BCUT2D eigenvalue weighted by atomic mass is 10.1. The van der Waals surface area contributed by atoms with Crippen LogP contribution in [0.5, 0.6) is 0 Å². The van der Waals surface area contributed by atoms with Crippen molar-refractivity contribution < 1.29 is 0 Å². The van der Waals surface area contributed by atoms with Crippen molar-refractivity contribution in [2.24, 2.45) is 0 Å². The van der Waals surface area contributed by atoms with Gasteiger partial charge >= 0.3 is 0 Å². The monoisotopic (exact) mass is 276 g/mol. The molecule has 1 aliphatic rings. The first kappa shape index (κ1) is 14.3. The van der Waals surface area contributed by atoms with Crippen LogP contribution in [0.3, 0.4) is 0 Å². The van der Waals surface area contributed by atoms with Gasteiger partial charge in [0.15, 0.2) is 5.11 Å². The third-order valence-electron chi connectivity index (χ3n) is 3.81. The fourth-order valence-electron chi connectivity index (χ4n) is 2.60. The molecule has 0 atom stereocenters. The standard InChI is InChI=1S/C16H24N2S/c1-2-13-9-11-15(12-10-13)18-16(19)17-14-7-5-3-4-6-8-14/h9-12,14H,2-8H2,1H3,(H2,17,18,19). The van der Waals surface area contributed by atoms with Crippen LogP contribution in [-0.2, 0) is 6.42 Å². The predicted molar refractivity (Wildman–Crippen MR) is 86.7 cm³/mol. The molecule has 0 amide bonds. The summed E-state index contributed by atoms with van der Waals surface area (Å²) in [5.41, 5.74) is 2.43. The normalized spacial score (nSPS) is 16.7. The number of aryl methyl sites for hydroxylation is 1. The van der Waals surface area contributed by atoms with E-state index < -0.39 is 0 Å². The SMILES string of the molecule is CCc1ccc(NC(=S)NC2CCCCCC2)cc1. The van der Waals surface area contributed by atoms with Crippen molar-refractivity contribution in [3.05, 3.63) is 29.8 Å². The van der Waals surface area contributed by atoms with Gasteiger partial charge in [-0.3, -0.25) is 0 Å². The van der Waals surface area contributed by atoms with E-state index in [1.54, 1.807) is 0 Å². The first-order valence-corrected chi connectivity index (χ1v) is 7.85. The molecule has 1 aromatic carbocycles. The number of benzene rings is 1. The number of anilines is 1. The summed E-state index contributed by atoms with van der Waals surface area (Å²) < 4.78 is 0. The minimum absolute atomic E-state index is 0.553. The summed E-state index contributed by atoms with van der Waals surface area (Å²) in [5, 5.41) is 7.50. The molecule has 0 saturated heterocycles. The van der Waals surface area contributed by atoms with Crippen molar-refractivity contribution in [2.75, 3.05) is 5.32 Å². The summed E-state index contributed by atoms with van der Waals surface area (Å²) in [4.78, 5) is 0. The van der Waals surface area contributed by atoms with Gasteiger partial charge in [0.2, 0.25) is 0 Å². The lowest BCUT2D eigenvalue weighted by Crippen LogP contribution is -2.37.